The number of anilines is 1. The van der Waals surface area contributed by atoms with Crippen LogP contribution in [0.5, 0.6) is 11.5 Å². The number of aliphatic hydroxyl groups is 1. The van der Waals surface area contributed by atoms with Gasteiger partial charge < -0.3 is 14.9 Å². The van der Waals surface area contributed by atoms with Crippen molar-refractivity contribution in [2.75, 3.05) is 11.5 Å². The van der Waals surface area contributed by atoms with Crippen LogP contribution in [0, 0.1) is 5.82 Å². The summed E-state index contributed by atoms with van der Waals surface area (Å²) in [5.74, 6) is -2.80. The van der Waals surface area contributed by atoms with Crippen molar-refractivity contribution in [1.29, 1.82) is 0 Å². The summed E-state index contributed by atoms with van der Waals surface area (Å²) in [5, 5.41) is 21.2. The topological polar surface area (TPSA) is 87.1 Å². The first-order valence-corrected chi connectivity index (χ1v) is 11.5. The van der Waals surface area contributed by atoms with Crippen molar-refractivity contribution in [3.05, 3.63) is 93.8 Å². The quantitative estimate of drug-likeness (QED) is 0.257. The van der Waals surface area contributed by atoms with Crippen LogP contribution < -0.4 is 9.64 Å². The lowest BCUT2D eigenvalue weighted by Crippen LogP contribution is -2.29. The summed E-state index contributed by atoms with van der Waals surface area (Å²) in [6, 6.07) is 14.0. The van der Waals surface area contributed by atoms with Crippen molar-refractivity contribution in [2.24, 2.45) is 0 Å². The summed E-state index contributed by atoms with van der Waals surface area (Å²) in [5.41, 5.74) is 1.84. The Labute approximate surface area is 206 Å². The molecule has 0 spiro atoms. The van der Waals surface area contributed by atoms with Gasteiger partial charge in [0, 0.05) is 11.3 Å². The maximum Gasteiger partial charge on any atom is 0.300 e. The number of phenolic OH excluding ortho intramolecular Hbond substituents is 1. The number of amides is 1. The van der Waals surface area contributed by atoms with Crippen LogP contribution in [0.3, 0.4) is 0 Å². The van der Waals surface area contributed by atoms with Gasteiger partial charge in [0.25, 0.3) is 11.7 Å². The van der Waals surface area contributed by atoms with E-state index >= 15 is 0 Å². The molecule has 1 fully saturated rings. The molecule has 0 bridgehead atoms. The number of nitrogens with zero attached hydrogens (tertiary/aromatic N) is 1. The normalized spacial score (nSPS) is 17.1. The third kappa shape index (κ3) is 4.47. The number of aryl methyl sites for hydroxylation is 1. The smallest absolute Gasteiger partial charge is 0.300 e. The molecule has 1 saturated heterocycles. The van der Waals surface area contributed by atoms with Crippen LogP contribution in [-0.4, -0.2) is 28.5 Å². The van der Waals surface area contributed by atoms with E-state index in [-0.39, 0.29) is 40.1 Å². The third-order valence-electron chi connectivity index (χ3n) is 5.86. The maximum atomic E-state index is 13.9. The van der Waals surface area contributed by atoms with Crippen LogP contribution in [0.1, 0.15) is 36.6 Å². The Balaban J connectivity index is 1.95. The molecule has 8 heteroatoms. The number of phenols is 1. The molecule has 0 saturated carbocycles. The lowest BCUT2D eigenvalue weighted by molar-refractivity contribution is -0.132. The van der Waals surface area contributed by atoms with Gasteiger partial charge in [-0.2, -0.15) is 0 Å². The Morgan fingerprint density at radius 2 is 1.77 bits per heavy atom. The fourth-order valence-electron chi connectivity index (χ4n) is 4.07. The Bertz CT molecular complexity index is 1340. The average Bonchev–Trinajstić information content (AvgIpc) is 3.12. The van der Waals surface area contributed by atoms with E-state index in [4.69, 9.17) is 16.3 Å². The predicted octanol–water partition coefficient (Wildman–Crippen LogP) is 5.77. The van der Waals surface area contributed by atoms with Crippen molar-refractivity contribution in [1.82, 2.24) is 0 Å². The number of ether oxygens (including phenoxy) is 1. The molecule has 1 amide bonds. The standard InChI is InChI=1S/C27H23ClFNO5/c1-3-15-5-7-16(8-6-15)25(32)23-24(17-9-12-21(31)22(13-17)35-4-2)30(27(34)26(23)33)18-10-11-20(29)19(28)14-18/h5-14,24,31-32H,3-4H2,1-2H3/b25-23+. The van der Waals surface area contributed by atoms with E-state index in [2.05, 4.69) is 0 Å². The predicted molar refractivity (Wildman–Crippen MR) is 131 cm³/mol. The summed E-state index contributed by atoms with van der Waals surface area (Å²) >= 11 is 5.97. The molecule has 35 heavy (non-hydrogen) atoms. The average molecular weight is 496 g/mol. The SMILES string of the molecule is CCOc1cc(C2/C(=C(\O)c3ccc(CC)cc3)C(=O)C(=O)N2c2ccc(F)c(Cl)c2)ccc1O. The number of aromatic hydroxyl groups is 1. The zero-order valence-electron chi connectivity index (χ0n) is 19.1. The van der Waals surface area contributed by atoms with Gasteiger partial charge in [-0.25, -0.2) is 4.39 Å². The molecular formula is C27H23ClFNO5. The first-order valence-electron chi connectivity index (χ1n) is 11.1. The van der Waals surface area contributed by atoms with E-state index in [1.54, 1.807) is 19.1 Å². The molecule has 1 atom stereocenters. The minimum Gasteiger partial charge on any atom is -0.507 e. The number of Topliss-reactive ketones (excluding diaryl/α,β-unsaturated/α-hetero) is 1. The Morgan fingerprint density at radius 1 is 1.06 bits per heavy atom. The van der Waals surface area contributed by atoms with Crippen molar-refractivity contribution in [3.8, 4) is 11.5 Å². The van der Waals surface area contributed by atoms with E-state index in [1.807, 2.05) is 19.1 Å². The number of hydrogen-bond donors (Lipinski definition) is 2. The monoisotopic (exact) mass is 495 g/mol. The van der Waals surface area contributed by atoms with Gasteiger partial charge >= 0.3 is 0 Å². The molecule has 0 radical (unpaired) electrons. The molecule has 1 unspecified atom stereocenters. The highest BCUT2D eigenvalue weighted by atomic mass is 35.5. The van der Waals surface area contributed by atoms with Gasteiger partial charge in [0.05, 0.1) is 23.2 Å². The number of ketones is 1. The molecule has 3 aromatic rings. The Morgan fingerprint density at radius 3 is 2.40 bits per heavy atom. The van der Waals surface area contributed by atoms with E-state index < -0.39 is 23.5 Å². The Hall–Kier alpha value is -3.84. The van der Waals surface area contributed by atoms with Gasteiger partial charge in [0.2, 0.25) is 0 Å². The van der Waals surface area contributed by atoms with E-state index in [1.165, 1.54) is 30.3 Å². The number of carbonyl (C=O) groups excluding carboxylic acids is 2. The van der Waals surface area contributed by atoms with Crippen LogP contribution in [0.4, 0.5) is 10.1 Å². The number of halogens is 2. The van der Waals surface area contributed by atoms with Crippen LogP contribution in [0.2, 0.25) is 5.02 Å². The zero-order valence-corrected chi connectivity index (χ0v) is 19.8. The molecule has 2 N–H and O–H groups in total. The van der Waals surface area contributed by atoms with Crippen molar-refractivity contribution in [2.45, 2.75) is 26.3 Å². The lowest BCUT2D eigenvalue weighted by Gasteiger charge is -2.26. The van der Waals surface area contributed by atoms with Crippen molar-refractivity contribution in [3.63, 3.8) is 0 Å². The van der Waals surface area contributed by atoms with Crippen LogP contribution in [-0.2, 0) is 16.0 Å². The van der Waals surface area contributed by atoms with Crippen molar-refractivity contribution >= 4 is 34.7 Å². The molecule has 180 valence electrons. The second-order valence-corrected chi connectivity index (χ2v) is 8.39. The fraction of sp³-hybridized carbons (Fsp3) is 0.185. The first-order chi connectivity index (χ1) is 16.8. The number of aliphatic hydroxyl groups excluding tert-OH is 1. The minimum absolute atomic E-state index is 0.118. The van der Waals surface area contributed by atoms with E-state index in [0.717, 1.165) is 23.0 Å². The number of benzene rings is 3. The molecule has 0 aromatic heterocycles. The Kier molecular flexibility index (Phi) is 6.80. The molecule has 1 aliphatic rings. The fourth-order valence-corrected chi connectivity index (χ4v) is 4.25. The third-order valence-corrected chi connectivity index (χ3v) is 6.15. The second-order valence-electron chi connectivity index (χ2n) is 7.98. The van der Waals surface area contributed by atoms with Gasteiger partial charge in [-0.3, -0.25) is 14.5 Å². The summed E-state index contributed by atoms with van der Waals surface area (Å²) in [6.07, 6.45) is 0.796. The molecular weight excluding hydrogens is 473 g/mol. The van der Waals surface area contributed by atoms with Gasteiger partial charge in [-0.1, -0.05) is 48.9 Å². The number of hydrogen-bond acceptors (Lipinski definition) is 5. The largest absolute Gasteiger partial charge is 0.507 e. The summed E-state index contributed by atoms with van der Waals surface area (Å²) in [4.78, 5) is 27.6. The summed E-state index contributed by atoms with van der Waals surface area (Å²) in [6.45, 7) is 4.02. The highest BCUT2D eigenvalue weighted by Crippen LogP contribution is 2.44. The van der Waals surface area contributed by atoms with Gasteiger partial charge in [0.15, 0.2) is 11.5 Å². The summed E-state index contributed by atoms with van der Waals surface area (Å²) in [7, 11) is 0. The molecule has 0 aliphatic carbocycles. The zero-order chi connectivity index (χ0) is 25.3. The molecule has 1 heterocycles. The maximum absolute atomic E-state index is 13.9. The van der Waals surface area contributed by atoms with Gasteiger partial charge in [-0.15, -0.1) is 0 Å². The molecule has 6 nitrogen and oxygen atoms in total. The highest BCUT2D eigenvalue weighted by molar-refractivity contribution is 6.51. The minimum atomic E-state index is -1.08. The van der Waals surface area contributed by atoms with E-state index in [0.29, 0.717) is 11.1 Å². The summed E-state index contributed by atoms with van der Waals surface area (Å²) < 4.78 is 19.3. The van der Waals surface area contributed by atoms with Crippen LogP contribution in [0.25, 0.3) is 5.76 Å². The van der Waals surface area contributed by atoms with E-state index in [9.17, 15) is 24.2 Å². The van der Waals surface area contributed by atoms with Crippen LogP contribution in [0.15, 0.2) is 66.2 Å². The van der Waals surface area contributed by atoms with Crippen molar-refractivity contribution < 1.29 is 28.9 Å². The highest BCUT2D eigenvalue weighted by Gasteiger charge is 2.47. The molecule has 4 rings (SSSR count). The van der Waals surface area contributed by atoms with Gasteiger partial charge in [-0.05, 0) is 54.8 Å². The number of carbonyl (C=O) groups is 2. The van der Waals surface area contributed by atoms with Crippen LogP contribution >= 0.6 is 11.6 Å². The second kappa shape index (κ2) is 9.80. The first kappa shape index (κ1) is 24.3. The van der Waals surface area contributed by atoms with Gasteiger partial charge in [0.1, 0.15) is 11.6 Å². The molecule has 3 aromatic carbocycles. The lowest BCUT2D eigenvalue weighted by atomic mass is 9.94. The molecule has 1 aliphatic heterocycles. The number of rotatable bonds is 6.